The fraction of sp³-hybridized carbons (Fsp3) is 0.625. The van der Waals surface area contributed by atoms with Crippen molar-refractivity contribution in [2.45, 2.75) is 45.7 Å². The lowest BCUT2D eigenvalue weighted by Gasteiger charge is -2.23. The molecule has 0 radical (unpaired) electrons. The normalized spacial score (nSPS) is 22.3. The molecule has 1 heterocycles. The van der Waals surface area contributed by atoms with Crippen molar-refractivity contribution in [3.05, 3.63) is 34.9 Å². The average molecular weight is 246 g/mol. The van der Waals surface area contributed by atoms with E-state index in [1.807, 2.05) is 0 Å². The molecule has 100 valence electrons. The van der Waals surface area contributed by atoms with Crippen LogP contribution in [0.25, 0.3) is 0 Å². The van der Waals surface area contributed by atoms with Crippen LogP contribution in [-0.2, 0) is 0 Å². The zero-order valence-electron chi connectivity index (χ0n) is 12.2. The second-order valence-corrected chi connectivity index (χ2v) is 5.77. The zero-order chi connectivity index (χ0) is 13.1. The van der Waals surface area contributed by atoms with Gasteiger partial charge in [0, 0.05) is 18.6 Å². The highest BCUT2D eigenvalue weighted by atomic mass is 15.2. The first-order chi connectivity index (χ1) is 8.58. The minimum absolute atomic E-state index is 0.443. The van der Waals surface area contributed by atoms with Crippen molar-refractivity contribution in [2.75, 3.05) is 20.1 Å². The summed E-state index contributed by atoms with van der Waals surface area (Å²) in [4.78, 5) is 2.48. The van der Waals surface area contributed by atoms with Crippen LogP contribution in [0.2, 0.25) is 0 Å². The van der Waals surface area contributed by atoms with Crippen molar-refractivity contribution in [3.8, 4) is 0 Å². The smallest absolute Gasteiger partial charge is 0.0295 e. The molecule has 1 aliphatic heterocycles. The molecule has 0 amide bonds. The molecule has 2 heteroatoms. The summed E-state index contributed by atoms with van der Waals surface area (Å²) in [6.07, 6.45) is 2.68. The summed E-state index contributed by atoms with van der Waals surface area (Å²) >= 11 is 0. The number of likely N-dealkylation sites (N-methyl/N-ethyl adjacent to an activating group) is 1. The summed E-state index contributed by atoms with van der Waals surface area (Å²) in [7, 11) is 2.24. The summed E-state index contributed by atoms with van der Waals surface area (Å²) in [5.74, 6) is 0. The molecule has 2 rings (SSSR count). The van der Waals surface area contributed by atoms with Crippen LogP contribution in [0.1, 0.15) is 42.5 Å². The van der Waals surface area contributed by atoms with E-state index < -0.39 is 0 Å². The molecule has 1 saturated heterocycles. The van der Waals surface area contributed by atoms with Gasteiger partial charge in [0.25, 0.3) is 0 Å². The van der Waals surface area contributed by atoms with Gasteiger partial charge in [-0.05, 0) is 58.3 Å². The van der Waals surface area contributed by atoms with Gasteiger partial charge in [-0.1, -0.05) is 23.8 Å². The summed E-state index contributed by atoms with van der Waals surface area (Å²) in [5, 5.41) is 3.70. The number of hydrogen-bond acceptors (Lipinski definition) is 2. The molecule has 0 bridgehead atoms. The van der Waals surface area contributed by atoms with E-state index >= 15 is 0 Å². The van der Waals surface area contributed by atoms with Gasteiger partial charge in [-0.3, -0.25) is 0 Å². The Labute approximate surface area is 111 Å². The van der Waals surface area contributed by atoms with Crippen LogP contribution in [0.3, 0.4) is 0 Å². The third-order valence-electron chi connectivity index (χ3n) is 4.23. The minimum atomic E-state index is 0.443. The first-order valence-corrected chi connectivity index (χ1v) is 7.08. The molecule has 2 nitrogen and oxygen atoms in total. The Morgan fingerprint density at radius 1 is 1.39 bits per heavy atom. The monoisotopic (exact) mass is 246 g/mol. The summed E-state index contributed by atoms with van der Waals surface area (Å²) in [6.45, 7) is 9.00. The molecule has 1 aromatic rings. The van der Waals surface area contributed by atoms with Crippen molar-refractivity contribution in [3.63, 3.8) is 0 Å². The lowest BCUT2D eigenvalue weighted by atomic mass is 10.00. The summed E-state index contributed by atoms with van der Waals surface area (Å²) in [5.41, 5.74) is 4.18. The van der Waals surface area contributed by atoms with Gasteiger partial charge >= 0.3 is 0 Å². The van der Waals surface area contributed by atoms with Crippen LogP contribution in [0.4, 0.5) is 0 Å². The van der Waals surface area contributed by atoms with Crippen LogP contribution in [0.5, 0.6) is 0 Å². The molecule has 2 atom stereocenters. The SMILES string of the molecule is Cc1ccc(C)c(C(C)NCC2CCCN2C)c1. The number of rotatable bonds is 4. The Kier molecular flexibility index (Phi) is 4.41. The van der Waals surface area contributed by atoms with Gasteiger partial charge in [0.15, 0.2) is 0 Å². The minimum Gasteiger partial charge on any atom is -0.309 e. The average Bonchev–Trinajstić information content (AvgIpc) is 2.75. The molecule has 0 spiro atoms. The first-order valence-electron chi connectivity index (χ1n) is 7.08. The highest BCUT2D eigenvalue weighted by Crippen LogP contribution is 2.20. The number of likely N-dealkylation sites (tertiary alicyclic amines) is 1. The Bertz CT molecular complexity index is 400. The Morgan fingerprint density at radius 3 is 2.83 bits per heavy atom. The van der Waals surface area contributed by atoms with E-state index in [0.29, 0.717) is 6.04 Å². The largest absolute Gasteiger partial charge is 0.309 e. The molecule has 1 aliphatic rings. The first kappa shape index (κ1) is 13.6. The fourth-order valence-corrected chi connectivity index (χ4v) is 2.89. The van der Waals surface area contributed by atoms with Gasteiger partial charge in [0.05, 0.1) is 0 Å². The maximum absolute atomic E-state index is 3.70. The number of benzene rings is 1. The molecular weight excluding hydrogens is 220 g/mol. The lowest BCUT2D eigenvalue weighted by molar-refractivity contribution is 0.293. The molecule has 0 aromatic heterocycles. The molecule has 1 aromatic carbocycles. The second kappa shape index (κ2) is 5.85. The fourth-order valence-electron chi connectivity index (χ4n) is 2.89. The van der Waals surface area contributed by atoms with E-state index in [9.17, 15) is 0 Å². The van der Waals surface area contributed by atoms with Crippen molar-refractivity contribution in [1.29, 1.82) is 0 Å². The van der Waals surface area contributed by atoms with Crippen LogP contribution < -0.4 is 5.32 Å². The van der Waals surface area contributed by atoms with Crippen LogP contribution in [0, 0.1) is 13.8 Å². The van der Waals surface area contributed by atoms with Crippen LogP contribution >= 0.6 is 0 Å². The van der Waals surface area contributed by atoms with Gasteiger partial charge in [0.2, 0.25) is 0 Å². The number of nitrogens with one attached hydrogen (secondary N) is 1. The standard InChI is InChI=1S/C16H26N2/c1-12-7-8-13(2)16(10-12)14(3)17-11-15-6-5-9-18(15)4/h7-8,10,14-15,17H,5-6,9,11H2,1-4H3. The molecule has 1 N–H and O–H groups in total. The molecule has 0 saturated carbocycles. The van der Waals surface area contributed by atoms with Gasteiger partial charge in [-0.2, -0.15) is 0 Å². The van der Waals surface area contributed by atoms with E-state index in [2.05, 4.69) is 56.2 Å². The van der Waals surface area contributed by atoms with Gasteiger partial charge in [0.1, 0.15) is 0 Å². The quantitative estimate of drug-likeness (QED) is 0.878. The molecule has 1 fully saturated rings. The maximum atomic E-state index is 3.70. The second-order valence-electron chi connectivity index (χ2n) is 5.77. The van der Waals surface area contributed by atoms with Gasteiger partial charge < -0.3 is 10.2 Å². The van der Waals surface area contributed by atoms with Crippen LogP contribution in [-0.4, -0.2) is 31.1 Å². The zero-order valence-corrected chi connectivity index (χ0v) is 12.2. The number of hydrogen-bond donors (Lipinski definition) is 1. The Balaban J connectivity index is 1.94. The Morgan fingerprint density at radius 2 is 2.17 bits per heavy atom. The topological polar surface area (TPSA) is 15.3 Å². The summed E-state index contributed by atoms with van der Waals surface area (Å²) in [6, 6.07) is 7.89. The third kappa shape index (κ3) is 3.12. The molecule has 18 heavy (non-hydrogen) atoms. The predicted octanol–water partition coefficient (Wildman–Crippen LogP) is 3.05. The maximum Gasteiger partial charge on any atom is 0.0295 e. The van der Waals surface area contributed by atoms with E-state index in [4.69, 9.17) is 0 Å². The van der Waals surface area contributed by atoms with Crippen molar-refractivity contribution in [1.82, 2.24) is 10.2 Å². The highest BCUT2D eigenvalue weighted by Gasteiger charge is 2.21. The number of nitrogens with zero attached hydrogens (tertiary/aromatic N) is 1. The van der Waals surface area contributed by atoms with Crippen molar-refractivity contribution in [2.24, 2.45) is 0 Å². The predicted molar refractivity (Wildman–Crippen MR) is 78.0 cm³/mol. The van der Waals surface area contributed by atoms with Crippen LogP contribution in [0.15, 0.2) is 18.2 Å². The highest BCUT2D eigenvalue weighted by molar-refractivity contribution is 5.32. The van der Waals surface area contributed by atoms with Crippen molar-refractivity contribution < 1.29 is 0 Å². The Hall–Kier alpha value is -0.860. The van der Waals surface area contributed by atoms with E-state index in [-0.39, 0.29) is 0 Å². The molecular formula is C16H26N2. The summed E-state index contributed by atoms with van der Waals surface area (Å²) < 4.78 is 0. The van der Waals surface area contributed by atoms with Crippen molar-refractivity contribution >= 4 is 0 Å². The van der Waals surface area contributed by atoms with E-state index in [0.717, 1.165) is 12.6 Å². The molecule has 2 unspecified atom stereocenters. The number of aryl methyl sites for hydroxylation is 2. The van der Waals surface area contributed by atoms with E-state index in [1.54, 1.807) is 0 Å². The molecule has 0 aliphatic carbocycles. The third-order valence-corrected chi connectivity index (χ3v) is 4.23. The van der Waals surface area contributed by atoms with E-state index in [1.165, 1.54) is 36.1 Å². The lowest BCUT2D eigenvalue weighted by Crippen LogP contribution is -2.36. The van der Waals surface area contributed by atoms with Gasteiger partial charge in [-0.15, -0.1) is 0 Å². The van der Waals surface area contributed by atoms with Gasteiger partial charge in [-0.25, -0.2) is 0 Å².